The summed E-state index contributed by atoms with van der Waals surface area (Å²) in [5.41, 5.74) is 1.32. The highest BCUT2D eigenvalue weighted by Gasteiger charge is 2.09. The summed E-state index contributed by atoms with van der Waals surface area (Å²) in [6.45, 7) is 6.35. The number of allylic oxidation sites excluding steroid dienone is 3. The Kier molecular flexibility index (Phi) is 4.17. The molecular formula is C12H17NO. The molecule has 76 valence electrons. The van der Waals surface area contributed by atoms with Crippen LogP contribution in [0, 0.1) is 5.92 Å². The minimum absolute atomic E-state index is 0.0504. The number of hydrogen-bond acceptors (Lipinski definition) is 1. The molecule has 1 amide bonds. The molecule has 0 heterocycles. The van der Waals surface area contributed by atoms with Crippen molar-refractivity contribution in [2.75, 3.05) is 6.54 Å². The highest BCUT2D eigenvalue weighted by atomic mass is 16.1. The van der Waals surface area contributed by atoms with Crippen molar-refractivity contribution in [1.82, 2.24) is 5.32 Å². The summed E-state index contributed by atoms with van der Waals surface area (Å²) in [7, 11) is 0. The molecule has 2 heteroatoms. The largest absolute Gasteiger partial charge is 0.355 e. The second-order valence-corrected chi connectivity index (χ2v) is 3.54. The van der Waals surface area contributed by atoms with Crippen LogP contribution in [-0.4, -0.2) is 12.5 Å². The molecule has 1 aliphatic rings. The van der Waals surface area contributed by atoms with E-state index in [1.54, 1.807) is 6.08 Å². The van der Waals surface area contributed by atoms with Crippen molar-refractivity contribution in [1.29, 1.82) is 0 Å². The van der Waals surface area contributed by atoms with Gasteiger partial charge in [-0.25, -0.2) is 0 Å². The monoisotopic (exact) mass is 191 g/mol. The van der Waals surface area contributed by atoms with Crippen LogP contribution in [0.1, 0.15) is 19.8 Å². The summed E-state index contributed by atoms with van der Waals surface area (Å²) in [5, 5.41) is 2.88. The van der Waals surface area contributed by atoms with Gasteiger partial charge in [-0.05, 0) is 17.9 Å². The van der Waals surface area contributed by atoms with Crippen molar-refractivity contribution in [3.8, 4) is 0 Å². The average molecular weight is 191 g/mol. The third-order valence-corrected chi connectivity index (χ3v) is 2.30. The van der Waals surface area contributed by atoms with Gasteiger partial charge >= 0.3 is 0 Å². The Hall–Kier alpha value is -1.31. The molecule has 0 aliphatic heterocycles. The van der Waals surface area contributed by atoms with Crippen LogP contribution in [0.5, 0.6) is 0 Å². The molecule has 0 saturated carbocycles. The standard InChI is InChI=1S/C12H17NO/c1-3-6-12(14)13-9-10(2)11-7-4-5-8-11/h3-4,7-8,10H,1,5-6,9H2,2H3,(H,13,14). The minimum atomic E-state index is 0.0504. The topological polar surface area (TPSA) is 29.1 Å². The Morgan fingerprint density at radius 3 is 3.14 bits per heavy atom. The molecule has 1 unspecified atom stereocenters. The van der Waals surface area contributed by atoms with E-state index in [2.05, 4.69) is 37.0 Å². The molecule has 0 aromatic rings. The Labute approximate surface area is 85.4 Å². The van der Waals surface area contributed by atoms with Gasteiger partial charge < -0.3 is 5.32 Å². The van der Waals surface area contributed by atoms with E-state index in [0.717, 1.165) is 6.42 Å². The number of carbonyl (C=O) groups excluding carboxylic acids is 1. The number of nitrogens with one attached hydrogen (secondary N) is 1. The van der Waals surface area contributed by atoms with Crippen molar-refractivity contribution in [3.63, 3.8) is 0 Å². The van der Waals surface area contributed by atoms with Crippen LogP contribution in [-0.2, 0) is 4.79 Å². The average Bonchev–Trinajstić information content (AvgIpc) is 2.67. The lowest BCUT2D eigenvalue weighted by Crippen LogP contribution is -2.27. The summed E-state index contributed by atoms with van der Waals surface area (Å²) in [4.78, 5) is 11.1. The van der Waals surface area contributed by atoms with Crippen molar-refractivity contribution >= 4 is 5.91 Å². The molecule has 0 bridgehead atoms. The van der Waals surface area contributed by atoms with Gasteiger partial charge in [-0.3, -0.25) is 4.79 Å². The van der Waals surface area contributed by atoms with E-state index < -0.39 is 0 Å². The quantitative estimate of drug-likeness (QED) is 0.663. The fraction of sp³-hybridized carbons (Fsp3) is 0.417. The van der Waals surface area contributed by atoms with Gasteiger partial charge in [-0.15, -0.1) is 6.58 Å². The molecule has 0 saturated heterocycles. The molecular weight excluding hydrogens is 174 g/mol. The van der Waals surface area contributed by atoms with E-state index in [9.17, 15) is 4.79 Å². The summed E-state index contributed by atoms with van der Waals surface area (Å²) >= 11 is 0. The second-order valence-electron chi connectivity index (χ2n) is 3.54. The van der Waals surface area contributed by atoms with Crippen molar-refractivity contribution in [3.05, 3.63) is 36.5 Å². The van der Waals surface area contributed by atoms with E-state index in [4.69, 9.17) is 0 Å². The molecule has 14 heavy (non-hydrogen) atoms. The Balaban J connectivity index is 2.27. The summed E-state index contributed by atoms with van der Waals surface area (Å²) in [5.74, 6) is 0.456. The first-order valence-electron chi connectivity index (χ1n) is 4.98. The number of rotatable bonds is 5. The molecule has 0 radical (unpaired) electrons. The zero-order chi connectivity index (χ0) is 10.4. The van der Waals surface area contributed by atoms with Crippen molar-refractivity contribution in [2.45, 2.75) is 19.8 Å². The zero-order valence-corrected chi connectivity index (χ0v) is 8.62. The first kappa shape index (κ1) is 10.8. The molecule has 2 nitrogen and oxygen atoms in total. The maximum absolute atomic E-state index is 11.1. The van der Waals surface area contributed by atoms with Crippen molar-refractivity contribution in [2.24, 2.45) is 5.92 Å². The van der Waals surface area contributed by atoms with Crippen LogP contribution >= 0.6 is 0 Å². The van der Waals surface area contributed by atoms with Crippen LogP contribution in [0.4, 0.5) is 0 Å². The van der Waals surface area contributed by atoms with Gasteiger partial charge in [0, 0.05) is 13.0 Å². The normalized spacial score (nSPS) is 16.2. The number of carbonyl (C=O) groups is 1. The lowest BCUT2D eigenvalue weighted by atomic mass is 10.0. The fourth-order valence-corrected chi connectivity index (χ4v) is 1.43. The van der Waals surface area contributed by atoms with Crippen LogP contribution in [0.25, 0.3) is 0 Å². The SMILES string of the molecule is C=CCC(=O)NCC(C)C1=CCC=C1. The van der Waals surface area contributed by atoms with Gasteiger partial charge in [0.2, 0.25) is 5.91 Å². The Bertz CT molecular complexity index is 276. The summed E-state index contributed by atoms with van der Waals surface area (Å²) in [6.07, 6.45) is 9.52. The maximum Gasteiger partial charge on any atom is 0.223 e. The minimum Gasteiger partial charge on any atom is -0.355 e. The van der Waals surface area contributed by atoms with Gasteiger partial charge in [0.05, 0.1) is 0 Å². The van der Waals surface area contributed by atoms with Gasteiger partial charge in [-0.1, -0.05) is 31.2 Å². The van der Waals surface area contributed by atoms with Gasteiger partial charge in [-0.2, -0.15) is 0 Å². The smallest absolute Gasteiger partial charge is 0.223 e. The van der Waals surface area contributed by atoms with Crippen LogP contribution in [0.15, 0.2) is 36.5 Å². The highest BCUT2D eigenvalue weighted by Crippen LogP contribution is 2.17. The molecule has 0 fully saturated rings. The van der Waals surface area contributed by atoms with E-state index in [1.807, 2.05) is 0 Å². The first-order valence-corrected chi connectivity index (χ1v) is 4.98. The second kappa shape index (κ2) is 5.43. The summed E-state index contributed by atoms with van der Waals surface area (Å²) in [6, 6.07) is 0. The van der Waals surface area contributed by atoms with Crippen molar-refractivity contribution < 1.29 is 4.79 Å². The zero-order valence-electron chi connectivity index (χ0n) is 8.62. The van der Waals surface area contributed by atoms with Gasteiger partial charge in [0.25, 0.3) is 0 Å². The van der Waals surface area contributed by atoms with Gasteiger partial charge in [0.15, 0.2) is 0 Å². The van der Waals surface area contributed by atoms with Crippen LogP contribution in [0.3, 0.4) is 0 Å². The third kappa shape index (κ3) is 3.21. The molecule has 1 N–H and O–H groups in total. The number of amides is 1. The lowest BCUT2D eigenvalue weighted by Gasteiger charge is -2.12. The Morgan fingerprint density at radius 2 is 2.57 bits per heavy atom. The highest BCUT2D eigenvalue weighted by molar-refractivity contribution is 5.77. The molecule has 1 aliphatic carbocycles. The van der Waals surface area contributed by atoms with Crippen LogP contribution in [0.2, 0.25) is 0 Å². The molecule has 0 aromatic carbocycles. The number of hydrogen-bond donors (Lipinski definition) is 1. The third-order valence-electron chi connectivity index (χ3n) is 2.30. The predicted molar refractivity (Wildman–Crippen MR) is 58.8 cm³/mol. The molecule has 1 rings (SSSR count). The van der Waals surface area contributed by atoms with E-state index in [-0.39, 0.29) is 5.91 Å². The van der Waals surface area contributed by atoms with E-state index in [0.29, 0.717) is 18.9 Å². The van der Waals surface area contributed by atoms with E-state index >= 15 is 0 Å². The predicted octanol–water partition coefficient (Wildman–Crippen LogP) is 2.20. The van der Waals surface area contributed by atoms with E-state index in [1.165, 1.54) is 5.57 Å². The fourth-order valence-electron chi connectivity index (χ4n) is 1.43. The molecule has 0 spiro atoms. The van der Waals surface area contributed by atoms with Crippen LogP contribution < -0.4 is 5.32 Å². The lowest BCUT2D eigenvalue weighted by molar-refractivity contribution is -0.120. The van der Waals surface area contributed by atoms with Gasteiger partial charge in [0.1, 0.15) is 0 Å². The summed E-state index contributed by atoms with van der Waals surface area (Å²) < 4.78 is 0. The first-order chi connectivity index (χ1) is 6.74. The molecule has 0 aromatic heterocycles. The Morgan fingerprint density at radius 1 is 1.79 bits per heavy atom. The molecule has 1 atom stereocenters. The maximum atomic E-state index is 11.1.